The minimum atomic E-state index is 0.390. The number of hydrogen-bond acceptors (Lipinski definition) is 3. The van der Waals surface area contributed by atoms with Crippen LogP contribution in [-0.4, -0.2) is 21.3 Å². The van der Waals surface area contributed by atoms with E-state index in [1.165, 1.54) is 0 Å². The normalized spacial score (nSPS) is 11.1. The first-order valence-corrected chi connectivity index (χ1v) is 4.84. The SMILES string of the molecule is CCCNCc1ncnn1C(C)C. The first-order valence-electron chi connectivity index (χ1n) is 4.84. The van der Waals surface area contributed by atoms with Gasteiger partial charge in [-0.25, -0.2) is 9.67 Å². The fourth-order valence-electron chi connectivity index (χ4n) is 1.21. The molecule has 1 heterocycles. The quantitative estimate of drug-likeness (QED) is 0.699. The molecule has 0 unspecified atom stereocenters. The monoisotopic (exact) mass is 182 g/mol. The number of nitrogens with zero attached hydrogens (tertiary/aromatic N) is 3. The van der Waals surface area contributed by atoms with E-state index in [9.17, 15) is 0 Å². The van der Waals surface area contributed by atoms with Crippen LogP contribution >= 0.6 is 0 Å². The van der Waals surface area contributed by atoms with Crippen LogP contribution in [0.15, 0.2) is 6.33 Å². The predicted octanol–water partition coefficient (Wildman–Crippen LogP) is 1.36. The van der Waals surface area contributed by atoms with E-state index in [4.69, 9.17) is 0 Å². The largest absolute Gasteiger partial charge is 0.310 e. The Hall–Kier alpha value is -0.900. The third-order valence-corrected chi connectivity index (χ3v) is 1.85. The highest BCUT2D eigenvalue weighted by Gasteiger charge is 2.05. The van der Waals surface area contributed by atoms with Gasteiger partial charge in [-0.1, -0.05) is 6.92 Å². The summed E-state index contributed by atoms with van der Waals surface area (Å²) in [6, 6.07) is 0.390. The zero-order chi connectivity index (χ0) is 9.68. The van der Waals surface area contributed by atoms with Gasteiger partial charge in [0, 0.05) is 6.04 Å². The van der Waals surface area contributed by atoms with E-state index in [0.29, 0.717) is 6.04 Å². The van der Waals surface area contributed by atoms with Gasteiger partial charge in [-0.3, -0.25) is 0 Å². The molecule has 0 saturated heterocycles. The Morgan fingerprint density at radius 2 is 2.31 bits per heavy atom. The van der Waals surface area contributed by atoms with Crippen LogP contribution in [0.4, 0.5) is 0 Å². The average molecular weight is 182 g/mol. The minimum absolute atomic E-state index is 0.390. The van der Waals surface area contributed by atoms with Crippen LogP contribution in [0.25, 0.3) is 0 Å². The van der Waals surface area contributed by atoms with E-state index >= 15 is 0 Å². The van der Waals surface area contributed by atoms with Gasteiger partial charge in [0.25, 0.3) is 0 Å². The van der Waals surface area contributed by atoms with E-state index in [1.54, 1.807) is 6.33 Å². The van der Waals surface area contributed by atoms with Crippen LogP contribution in [0, 0.1) is 0 Å². The lowest BCUT2D eigenvalue weighted by Crippen LogP contribution is -2.19. The second kappa shape index (κ2) is 4.97. The van der Waals surface area contributed by atoms with E-state index < -0.39 is 0 Å². The molecule has 0 bridgehead atoms. The van der Waals surface area contributed by atoms with Gasteiger partial charge in [-0.2, -0.15) is 5.10 Å². The molecule has 0 amide bonds. The summed E-state index contributed by atoms with van der Waals surface area (Å²) >= 11 is 0. The smallest absolute Gasteiger partial charge is 0.141 e. The van der Waals surface area contributed by atoms with Crippen molar-refractivity contribution in [2.75, 3.05) is 6.54 Å². The number of aromatic nitrogens is 3. The second-order valence-electron chi connectivity index (χ2n) is 3.39. The lowest BCUT2D eigenvalue weighted by Gasteiger charge is -2.09. The summed E-state index contributed by atoms with van der Waals surface area (Å²) in [5.74, 6) is 1.02. The standard InChI is InChI=1S/C9H18N4/c1-4-5-10-6-9-11-7-12-13(9)8(2)3/h7-8,10H,4-6H2,1-3H3. The van der Waals surface area contributed by atoms with Crippen LogP contribution in [0.3, 0.4) is 0 Å². The van der Waals surface area contributed by atoms with Gasteiger partial charge in [0.2, 0.25) is 0 Å². The highest BCUT2D eigenvalue weighted by atomic mass is 15.3. The molecular formula is C9H18N4. The molecule has 0 aliphatic carbocycles. The second-order valence-corrected chi connectivity index (χ2v) is 3.39. The fourth-order valence-corrected chi connectivity index (χ4v) is 1.21. The molecule has 0 saturated carbocycles. The lowest BCUT2D eigenvalue weighted by atomic mass is 10.4. The van der Waals surface area contributed by atoms with Crippen LogP contribution in [0.5, 0.6) is 0 Å². The first kappa shape index (κ1) is 10.2. The lowest BCUT2D eigenvalue weighted by molar-refractivity contribution is 0.490. The van der Waals surface area contributed by atoms with Crippen LogP contribution < -0.4 is 5.32 Å². The number of rotatable bonds is 5. The molecule has 0 aliphatic heterocycles. The van der Waals surface area contributed by atoms with E-state index in [0.717, 1.165) is 25.3 Å². The van der Waals surface area contributed by atoms with Crippen molar-refractivity contribution < 1.29 is 0 Å². The summed E-state index contributed by atoms with van der Waals surface area (Å²) in [7, 11) is 0. The maximum atomic E-state index is 4.20. The van der Waals surface area contributed by atoms with Gasteiger partial charge in [0.1, 0.15) is 12.2 Å². The van der Waals surface area contributed by atoms with Crippen LogP contribution in [-0.2, 0) is 6.54 Å². The molecular weight excluding hydrogens is 164 g/mol. The maximum absolute atomic E-state index is 4.20. The molecule has 0 fully saturated rings. The fraction of sp³-hybridized carbons (Fsp3) is 0.778. The molecule has 4 nitrogen and oxygen atoms in total. The summed E-state index contributed by atoms with van der Waals surface area (Å²) in [6.07, 6.45) is 2.76. The Kier molecular flexibility index (Phi) is 3.89. The highest BCUT2D eigenvalue weighted by molar-refractivity contribution is 4.85. The van der Waals surface area contributed by atoms with Crippen molar-refractivity contribution in [3.05, 3.63) is 12.2 Å². The van der Waals surface area contributed by atoms with Gasteiger partial charge < -0.3 is 5.32 Å². The minimum Gasteiger partial charge on any atom is -0.310 e. The molecule has 1 aromatic rings. The number of hydrogen-bond donors (Lipinski definition) is 1. The molecule has 1 aromatic heterocycles. The third kappa shape index (κ3) is 2.81. The maximum Gasteiger partial charge on any atom is 0.141 e. The Morgan fingerprint density at radius 1 is 1.54 bits per heavy atom. The molecule has 1 N–H and O–H groups in total. The van der Waals surface area contributed by atoms with Crippen molar-refractivity contribution in [1.82, 2.24) is 20.1 Å². The summed E-state index contributed by atoms with van der Waals surface area (Å²) in [4.78, 5) is 4.20. The van der Waals surface area contributed by atoms with E-state index in [2.05, 4.69) is 36.2 Å². The van der Waals surface area contributed by atoms with Crippen molar-refractivity contribution in [2.24, 2.45) is 0 Å². The van der Waals surface area contributed by atoms with Gasteiger partial charge in [0.15, 0.2) is 0 Å². The molecule has 0 radical (unpaired) electrons. The van der Waals surface area contributed by atoms with Crippen molar-refractivity contribution in [3.63, 3.8) is 0 Å². The Morgan fingerprint density at radius 3 is 2.92 bits per heavy atom. The zero-order valence-electron chi connectivity index (χ0n) is 8.62. The molecule has 1 rings (SSSR count). The Bertz CT molecular complexity index is 242. The molecule has 0 spiro atoms. The molecule has 0 atom stereocenters. The summed E-state index contributed by atoms with van der Waals surface area (Å²) in [6.45, 7) is 8.22. The Labute approximate surface area is 79.4 Å². The highest BCUT2D eigenvalue weighted by Crippen LogP contribution is 2.04. The topological polar surface area (TPSA) is 42.7 Å². The summed E-state index contributed by atoms with van der Waals surface area (Å²) in [5.41, 5.74) is 0. The van der Waals surface area contributed by atoms with Crippen molar-refractivity contribution in [3.8, 4) is 0 Å². The predicted molar refractivity (Wildman–Crippen MR) is 52.4 cm³/mol. The van der Waals surface area contributed by atoms with Gasteiger partial charge in [0.05, 0.1) is 6.54 Å². The van der Waals surface area contributed by atoms with E-state index in [-0.39, 0.29) is 0 Å². The summed E-state index contributed by atoms with van der Waals surface area (Å²) in [5, 5.41) is 7.47. The molecule has 74 valence electrons. The summed E-state index contributed by atoms with van der Waals surface area (Å²) < 4.78 is 1.95. The molecule has 0 aromatic carbocycles. The Balaban J connectivity index is 2.50. The molecule has 13 heavy (non-hydrogen) atoms. The molecule has 0 aliphatic rings. The van der Waals surface area contributed by atoms with Crippen molar-refractivity contribution in [2.45, 2.75) is 39.8 Å². The van der Waals surface area contributed by atoms with E-state index in [1.807, 2.05) is 4.68 Å². The van der Waals surface area contributed by atoms with Gasteiger partial charge in [-0.05, 0) is 26.8 Å². The third-order valence-electron chi connectivity index (χ3n) is 1.85. The van der Waals surface area contributed by atoms with Gasteiger partial charge in [-0.15, -0.1) is 0 Å². The zero-order valence-corrected chi connectivity index (χ0v) is 8.62. The first-order chi connectivity index (χ1) is 6.25. The van der Waals surface area contributed by atoms with Crippen LogP contribution in [0.1, 0.15) is 39.1 Å². The van der Waals surface area contributed by atoms with Crippen LogP contribution in [0.2, 0.25) is 0 Å². The van der Waals surface area contributed by atoms with Gasteiger partial charge >= 0.3 is 0 Å². The molecule has 4 heteroatoms. The van der Waals surface area contributed by atoms with Crippen molar-refractivity contribution >= 4 is 0 Å². The average Bonchev–Trinajstić information content (AvgIpc) is 2.53. The number of nitrogens with one attached hydrogen (secondary N) is 1. The van der Waals surface area contributed by atoms with Crippen molar-refractivity contribution in [1.29, 1.82) is 0 Å².